The first-order valence-electron chi connectivity index (χ1n) is 27.1. The molecule has 8 aromatic rings. The number of allylic oxidation sites excluding steroid dienone is 2. The molecule has 2 heterocycles. The number of halogens is 3. The van der Waals surface area contributed by atoms with Crippen LogP contribution in [0.1, 0.15) is 66.3 Å². The maximum absolute atomic E-state index is 15.0. The van der Waals surface area contributed by atoms with Crippen molar-refractivity contribution in [1.82, 2.24) is 9.44 Å². The fourth-order valence-corrected chi connectivity index (χ4v) is 13.4. The number of nitrogens with one attached hydrogen (secondary N) is 5. The highest BCUT2D eigenvalue weighted by atomic mass is 32.2. The summed E-state index contributed by atoms with van der Waals surface area (Å²) in [5.41, 5.74) is -0.0988. The number of alkyl halides is 3. The highest BCUT2D eigenvalue weighted by Gasteiger charge is 2.50. The number of carbonyl (C=O) groups is 4. The molecule has 0 saturated heterocycles. The zero-order valence-corrected chi connectivity index (χ0v) is 46.6. The minimum atomic E-state index is -5.83. The predicted molar refractivity (Wildman–Crippen MR) is 313 cm³/mol. The summed E-state index contributed by atoms with van der Waals surface area (Å²) in [4.78, 5) is 59.8. The maximum Gasteiger partial charge on any atom is 0.516 e. The molecular formula is C63H49F3N6O11S2. The van der Waals surface area contributed by atoms with Crippen LogP contribution in [0.4, 0.5) is 30.2 Å². The Morgan fingerprint density at radius 1 is 0.576 bits per heavy atom. The Balaban J connectivity index is 0.884. The molecule has 6 N–H and O–H groups in total. The van der Waals surface area contributed by atoms with Gasteiger partial charge in [-0.2, -0.15) is 21.6 Å². The molecule has 17 nitrogen and oxygen atoms in total. The van der Waals surface area contributed by atoms with Gasteiger partial charge in [-0.25, -0.2) is 18.1 Å². The molecule has 2 amide bonds. The average Bonchev–Trinajstić information content (AvgIpc) is 1.65. The number of hydrogen-bond acceptors (Lipinski definition) is 15. The van der Waals surface area contributed by atoms with E-state index in [0.29, 0.717) is 63.1 Å². The fraction of sp³-hybridized carbons (Fsp3) is 0.190. The second-order valence-corrected chi connectivity index (χ2v) is 24.8. The number of ether oxygens (including phenoxy) is 2. The zero-order valence-electron chi connectivity index (χ0n) is 44.9. The van der Waals surface area contributed by atoms with E-state index >= 15 is 0 Å². The Morgan fingerprint density at radius 3 is 1.78 bits per heavy atom. The van der Waals surface area contributed by atoms with Gasteiger partial charge in [0.1, 0.15) is 17.3 Å². The lowest BCUT2D eigenvalue weighted by atomic mass is 9.88. The van der Waals surface area contributed by atoms with Crippen molar-refractivity contribution >= 4 is 93.2 Å². The van der Waals surface area contributed by atoms with Gasteiger partial charge in [0.15, 0.2) is 11.3 Å². The molecule has 430 valence electrons. The second-order valence-electron chi connectivity index (χ2n) is 21.4. The molecule has 2 spiro atoms. The molecule has 0 fully saturated rings. The summed E-state index contributed by atoms with van der Waals surface area (Å²) in [5.74, 6) is -3.39. The van der Waals surface area contributed by atoms with Gasteiger partial charge < -0.3 is 30.5 Å². The van der Waals surface area contributed by atoms with E-state index in [9.17, 15) is 54.3 Å². The van der Waals surface area contributed by atoms with Crippen molar-refractivity contribution in [3.63, 3.8) is 0 Å². The van der Waals surface area contributed by atoms with Crippen LogP contribution in [0.25, 0.3) is 54.9 Å². The Kier molecular flexibility index (Phi) is 12.9. The summed E-state index contributed by atoms with van der Waals surface area (Å²) in [6.07, 6.45) is 1.48. The van der Waals surface area contributed by atoms with E-state index in [0.717, 1.165) is 60.7 Å². The number of hydrogen-bond donors (Lipinski definition) is 6. The molecule has 2 aliphatic heterocycles. The molecule has 0 aromatic heterocycles. The van der Waals surface area contributed by atoms with Gasteiger partial charge in [-0.15, -0.1) is 0 Å². The lowest BCUT2D eigenvalue weighted by Crippen LogP contribution is -2.45. The third-order valence-electron chi connectivity index (χ3n) is 16.0. The Morgan fingerprint density at radius 2 is 1.12 bits per heavy atom. The number of anilines is 3. The first-order chi connectivity index (χ1) is 40.7. The van der Waals surface area contributed by atoms with E-state index in [1.165, 1.54) is 0 Å². The van der Waals surface area contributed by atoms with Gasteiger partial charge in [0.2, 0.25) is 33.4 Å². The largest absolute Gasteiger partial charge is 0.516 e. The summed E-state index contributed by atoms with van der Waals surface area (Å²) < 4.78 is 99.8. The summed E-state index contributed by atoms with van der Waals surface area (Å²) in [6, 6.07) is 45.2. The molecule has 5 aliphatic rings. The van der Waals surface area contributed by atoms with Crippen molar-refractivity contribution < 1.29 is 63.8 Å². The van der Waals surface area contributed by atoms with Gasteiger partial charge in [0, 0.05) is 68.0 Å². The lowest BCUT2D eigenvalue weighted by molar-refractivity contribution is -0.129. The first-order valence-corrected chi connectivity index (χ1v) is 30.5. The number of nitrogens with zero attached hydrogens (tertiary/aromatic N) is 1. The quantitative estimate of drug-likeness (QED) is 0.0414. The zero-order chi connectivity index (χ0) is 59.4. The van der Waals surface area contributed by atoms with Crippen LogP contribution in [0.15, 0.2) is 156 Å². The standard InChI is InChI=1S/C63H49F3N6O11S2/c1-84(78,79)71-50(73)20-6-8-30-82-36-24-28-40-38-14-2-4-16-44(38)61(46(40)32-36)67-48-18-10-12-34-22-26-42(56(69-61)52(34)48)54-58(75)55(60(77)59(54)76)43-27-23-35-13-11-19-49-53(35)57(43)70-62(68-49)45-17-5-3-15-39(45)41-29-25-37(33-47(41)62)83-31-9-7-21-51(74)72-85(80,81)63(64,65)66/h2-5,10-19,22-29,32-33,67-68,70,75H,6-9,20-21,30-31H2,1H3,(H,71,73)(H,72,74). The van der Waals surface area contributed by atoms with Crippen LogP contribution in [0.5, 0.6) is 11.5 Å². The van der Waals surface area contributed by atoms with Crippen LogP contribution < -0.4 is 45.4 Å². The lowest BCUT2D eigenvalue weighted by Gasteiger charge is -2.41. The molecule has 8 aromatic carbocycles. The summed E-state index contributed by atoms with van der Waals surface area (Å²) >= 11 is 0. The van der Waals surface area contributed by atoms with Gasteiger partial charge in [0.25, 0.3) is 0 Å². The molecule has 22 heteroatoms. The van der Waals surface area contributed by atoms with Gasteiger partial charge in [0.05, 0.1) is 41.7 Å². The smallest absolute Gasteiger partial charge is 0.506 e. The van der Waals surface area contributed by atoms with Gasteiger partial charge >= 0.3 is 15.5 Å². The molecule has 13 rings (SSSR count). The second kappa shape index (κ2) is 20.1. The molecule has 2 unspecified atom stereocenters. The summed E-state index contributed by atoms with van der Waals surface area (Å²) in [6.45, 7) is 0.253. The number of aliphatic hydroxyl groups is 1. The van der Waals surface area contributed by atoms with E-state index in [-0.39, 0.29) is 54.4 Å². The Hall–Kier alpha value is -9.54. The number of sulfonamides is 2. The van der Waals surface area contributed by atoms with Gasteiger partial charge in [-0.1, -0.05) is 109 Å². The van der Waals surface area contributed by atoms with Crippen molar-refractivity contribution in [2.45, 2.75) is 55.4 Å². The van der Waals surface area contributed by atoms with Crippen molar-refractivity contribution in [3.05, 3.63) is 190 Å². The molecular weight excluding hydrogens is 1140 g/mol. The monoisotopic (exact) mass is 1190 g/mol. The van der Waals surface area contributed by atoms with E-state index in [1.807, 2.05) is 132 Å². The fourth-order valence-electron chi connectivity index (χ4n) is 12.4. The van der Waals surface area contributed by atoms with Crippen LogP contribution in [-0.4, -0.2) is 70.3 Å². The number of benzene rings is 8. The molecule has 0 radical (unpaired) electrons. The van der Waals surface area contributed by atoms with E-state index in [1.54, 1.807) is 18.2 Å². The SMILES string of the molecule is CS(=O)(=O)NC(=O)CCCCOc1ccc2c(c1)C1(N=c3c(=C4C(=O)C(=O)C(c5ccc6cccc7c6c5NC5(N7)c6ccccc6-c6ccc(OCCCCC(=O)NS(=O)(=O)C(F)(F)F)cc65)=C4O)ccc4cccc(c34)N1)c1ccccc1-2. The minimum Gasteiger partial charge on any atom is -0.506 e. The highest BCUT2D eigenvalue weighted by molar-refractivity contribution is 7.90. The van der Waals surface area contributed by atoms with Crippen LogP contribution >= 0.6 is 0 Å². The van der Waals surface area contributed by atoms with Crippen LogP contribution in [0, 0.1) is 0 Å². The number of amides is 2. The number of Topliss-reactive ketones (excluding diaryl/α,β-unsaturated/α-hetero) is 2. The first kappa shape index (κ1) is 54.7. The molecule has 3 aliphatic carbocycles. The molecule has 2 atom stereocenters. The number of unbranched alkanes of at least 4 members (excludes halogenated alkanes) is 2. The maximum atomic E-state index is 15.0. The number of carbonyl (C=O) groups excluding carboxylic acids is 4. The van der Waals surface area contributed by atoms with E-state index < -0.39 is 72.4 Å². The predicted octanol–water partition coefficient (Wildman–Crippen LogP) is 9.05. The van der Waals surface area contributed by atoms with E-state index in [4.69, 9.17) is 14.5 Å². The van der Waals surface area contributed by atoms with Crippen LogP contribution in [-0.2, 0) is 50.6 Å². The van der Waals surface area contributed by atoms with E-state index in [2.05, 4.69) is 16.0 Å². The van der Waals surface area contributed by atoms with Gasteiger partial charge in [-0.3, -0.25) is 23.9 Å². The minimum absolute atomic E-state index is 0.00100. The summed E-state index contributed by atoms with van der Waals surface area (Å²) in [5, 5.41) is 27.6. The van der Waals surface area contributed by atoms with Crippen molar-refractivity contribution in [2.75, 3.05) is 35.4 Å². The Labute approximate surface area is 483 Å². The van der Waals surface area contributed by atoms with Crippen molar-refractivity contribution in [2.24, 2.45) is 4.99 Å². The van der Waals surface area contributed by atoms with Crippen LogP contribution in [0.2, 0.25) is 0 Å². The average molecular weight is 1190 g/mol. The van der Waals surface area contributed by atoms with Crippen molar-refractivity contribution in [1.29, 1.82) is 0 Å². The number of rotatable bonds is 15. The Bertz CT molecular complexity index is 4710. The third kappa shape index (κ3) is 9.08. The highest BCUT2D eigenvalue weighted by Crippen LogP contribution is 2.56. The molecule has 85 heavy (non-hydrogen) atoms. The van der Waals surface area contributed by atoms with Crippen LogP contribution in [0.3, 0.4) is 0 Å². The summed E-state index contributed by atoms with van der Waals surface area (Å²) in [7, 11) is -9.51. The van der Waals surface area contributed by atoms with Crippen molar-refractivity contribution in [3.8, 4) is 33.8 Å². The topological polar surface area (TPSA) is 248 Å². The normalized spacial score (nSPS) is 18.5. The number of ketones is 2. The molecule has 0 saturated carbocycles. The third-order valence-corrected chi connectivity index (χ3v) is 17.7. The number of fused-ring (bicyclic) bond motifs is 10. The molecule has 0 bridgehead atoms. The van der Waals surface area contributed by atoms with Gasteiger partial charge in [-0.05, 0) is 95.1 Å². The number of aliphatic hydroxyl groups excluding tert-OH is 1.